The maximum Gasteiger partial charge on any atom is 0.264 e. The smallest absolute Gasteiger partial charge is 0.264 e. The number of fused-ring (bicyclic) bond motifs is 1. The van der Waals surface area contributed by atoms with E-state index in [4.69, 9.17) is 5.73 Å². The molecule has 4 rings (SSSR count). The lowest BCUT2D eigenvalue weighted by atomic mass is 10.0. The van der Waals surface area contributed by atoms with E-state index in [0.717, 1.165) is 10.9 Å². The lowest BCUT2D eigenvalue weighted by molar-refractivity contribution is 0.153. The SMILES string of the molecule is Nc1nnc(-c2ccc3nccc(C(F)F)c3c2)c(-c2ccc(P)cc2)n1. The summed E-state index contributed by atoms with van der Waals surface area (Å²) in [4.78, 5) is 8.48. The molecule has 0 fully saturated rings. The largest absolute Gasteiger partial charge is 0.366 e. The van der Waals surface area contributed by atoms with Gasteiger partial charge in [-0.15, -0.1) is 19.4 Å². The monoisotopic (exact) mass is 381 g/mol. The Morgan fingerprint density at radius 2 is 1.63 bits per heavy atom. The summed E-state index contributed by atoms with van der Waals surface area (Å²) in [7, 11) is 2.61. The Morgan fingerprint density at radius 3 is 2.37 bits per heavy atom. The quantitative estimate of drug-likeness (QED) is 0.547. The van der Waals surface area contributed by atoms with Gasteiger partial charge in [0.2, 0.25) is 5.95 Å². The third-order valence-electron chi connectivity index (χ3n) is 4.17. The zero-order valence-electron chi connectivity index (χ0n) is 14.0. The van der Waals surface area contributed by atoms with Crippen molar-refractivity contribution in [3.8, 4) is 22.5 Å². The predicted molar refractivity (Wildman–Crippen MR) is 105 cm³/mol. The lowest BCUT2D eigenvalue weighted by Gasteiger charge is -2.10. The average molecular weight is 381 g/mol. The second-order valence-electron chi connectivity index (χ2n) is 5.92. The van der Waals surface area contributed by atoms with Crippen LogP contribution in [0.5, 0.6) is 0 Å². The van der Waals surface area contributed by atoms with Crippen molar-refractivity contribution in [1.82, 2.24) is 20.2 Å². The van der Waals surface area contributed by atoms with Gasteiger partial charge in [0, 0.05) is 28.3 Å². The zero-order valence-corrected chi connectivity index (χ0v) is 15.1. The van der Waals surface area contributed by atoms with Gasteiger partial charge >= 0.3 is 0 Å². The molecule has 2 aromatic heterocycles. The van der Waals surface area contributed by atoms with E-state index < -0.39 is 6.43 Å². The number of aromatic nitrogens is 4. The van der Waals surface area contributed by atoms with E-state index in [1.165, 1.54) is 12.3 Å². The molecule has 2 N–H and O–H groups in total. The summed E-state index contributed by atoms with van der Waals surface area (Å²) >= 11 is 0. The first-order chi connectivity index (χ1) is 13.0. The van der Waals surface area contributed by atoms with Crippen LogP contribution < -0.4 is 11.0 Å². The molecule has 2 heterocycles. The summed E-state index contributed by atoms with van der Waals surface area (Å²) in [6, 6.07) is 14.0. The molecule has 1 unspecified atom stereocenters. The van der Waals surface area contributed by atoms with Crippen LogP contribution in [-0.4, -0.2) is 20.2 Å². The van der Waals surface area contributed by atoms with Crippen LogP contribution in [-0.2, 0) is 0 Å². The van der Waals surface area contributed by atoms with Crippen molar-refractivity contribution in [2.75, 3.05) is 5.73 Å². The molecule has 0 saturated heterocycles. The van der Waals surface area contributed by atoms with E-state index in [1.54, 1.807) is 18.2 Å². The van der Waals surface area contributed by atoms with Crippen LogP contribution in [0, 0.1) is 0 Å². The van der Waals surface area contributed by atoms with Crippen LogP contribution >= 0.6 is 9.24 Å². The minimum absolute atomic E-state index is 0.0411. The number of nitrogens with two attached hydrogens (primary N) is 1. The van der Waals surface area contributed by atoms with Gasteiger partial charge in [0.15, 0.2) is 0 Å². The highest BCUT2D eigenvalue weighted by Gasteiger charge is 2.16. The molecule has 2 aromatic carbocycles. The number of hydrogen-bond acceptors (Lipinski definition) is 5. The molecule has 0 amide bonds. The predicted octanol–water partition coefficient (Wildman–Crippen LogP) is 3.77. The van der Waals surface area contributed by atoms with E-state index in [-0.39, 0.29) is 11.5 Å². The van der Waals surface area contributed by atoms with Crippen LogP contribution in [0.15, 0.2) is 54.7 Å². The summed E-state index contributed by atoms with van der Waals surface area (Å²) in [5.74, 6) is 0.0411. The molecule has 0 aliphatic rings. The standard InChI is InChI=1S/C19H14F2N5P/c20-18(21)13-7-8-23-15-6-3-11(9-14(13)15)17-16(24-19(22)26-25-17)10-1-4-12(27)5-2-10/h1-9,18H,27H2,(H2,22,24,26). The molecule has 0 saturated carbocycles. The molecule has 8 heteroatoms. The number of alkyl halides is 2. The topological polar surface area (TPSA) is 77.6 Å². The average Bonchev–Trinajstić information content (AvgIpc) is 2.67. The molecule has 5 nitrogen and oxygen atoms in total. The van der Waals surface area contributed by atoms with Crippen molar-refractivity contribution in [2.45, 2.75) is 6.43 Å². The van der Waals surface area contributed by atoms with Crippen LogP contribution in [0.2, 0.25) is 0 Å². The minimum atomic E-state index is -2.60. The number of anilines is 1. The van der Waals surface area contributed by atoms with Crippen molar-refractivity contribution in [1.29, 1.82) is 0 Å². The number of rotatable bonds is 3. The van der Waals surface area contributed by atoms with Gasteiger partial charge < -0.3 is 5.73 Å². The Balaban J connectivity index is 1.93. The molecular formula is C19H14F2N5P. The molecule has 0 bridgehead atoms. The first kappa shape index (κ1) is 17.4. The Hall–Kier alpha value is -3.05. The van der Waals surface area contributed by atoms with Crippen LogP contribution in [0.25, 0.3) is 33.4 Å². The van der Waals surface area contributed by atoms with Crippen molar-refractivity contribution >= 4 is 31.4 Å². The fraction of sp³-hybridized carbons (Fsp3) is 0.0526. The van der Waals surface area contributed by atoms with E-state index in [1.807, 2.05) is 24.3 Å². The maximum atomic E-state index is 13.4. The summed E-state index contributed by atoms with van der Waals surface area (Å²) in [6.07, 6.45) is -1.22. The molecule has 0 radical (unpaired) electrons. The van der Waals surface area contributed by atoms with Crippen molar-refractivity contribution in [3.63, 3.8) is 0 Å². The van der Waals surface area contributed by atoms with Crippen molar-refractivity contribution in [2.24, 2.45) is 0 Å². The number of nitrogens with zero attached hydrogens (tertiary/aromatic N) is 4. The van der Waals surface area contributed by atoms with Crippen LogP contribution in [0.1, 0.15) is 12.0 Å². The highest BCUT2D eigenvalue weighted by molar-refractivity contribution is 7.27. The Morgan fingerprint density at radius 1 is 0.889 bits per heavy atom. The zero-order chi connectivity index (χ0) is 19.0. The van der Waals surface area contributed by atoms with Gasteiger partial charge in [0.1, 0.15) is 11.4 Å². The van der Waals surface area contributed by atoms with E-state index in [2.05, 4.69) is 29.4 Å². The molecule has 0 spiro atoms. The highest BCUT2D eigenvalue weighted by atomic mass is 31.0. The van der Waals surface area contributed by atoms with E-state index in [9.17, 15) is 8.78 Å². The normalized spacial score (nSPS) is 11.3. The van der Waals surface area contributed by atoms with Gasteiger partial charge in [0.05, 0.1) is 5.52 Å². The third-order valence-corrected chi connectivity index (χ3v) is 4.56. The lowest BCUT2D eigenvalue weighted by Crippen LogP contribution is -2.03. The highest BCUT2D eigenvalue weighted by Crippen LogP contribution is 2.33. The van der Waals surface area contributed by atoms with Gasteiger partial charge in [0.25, 0.3) is 6.43 Å². The summed E-state index contributed by atoms with van der Waals surface area (Å²) in [5, 5.41) is 9.42. The van der Waals surface area contributed by atoms with Gasteiger partial charge in [-0.3, -0.25) is 4.98 Å². The fourth-order valence-electron chi connectivity index (χ4n) is 2.88. The molecule has 0 aliphatic carbocycles. The maximum absolute atomic E-state index is 13.4. The number of halogens is 2. The Bertz CT molecular complexity index is 1130. The number of nitrogen functional groups attached to an aromatic ring is 1. The second kappa shape index (κ2) is 6.93. The Labute approximate surface area is 155 Å². The first-order valence-electron chi connectivity index (χ1n) is 8.06. The van der Waals surface area contributed by atoms with Gasteiger partial charge in [-0.25, -0.2) is 13.8 Å². The second-order valence-corrected chi connectivity index (χ2v) is 6.59. The van der Waals surface area contributed by atoms with Crippen molar-refractivity contribution in [3.05, 3.63) is 60.3 Å². The number of pyridine rings is 1. The van der Waals surface area contributed by atoms with Crippen LogP contribution in [0.3, 0.4) is 0 Å². The summed E-state index contributed by atoms with van der Waals surface area (Å²) in [6.45, 7) is 0. The summed E-state index contributed by atoms with van der Waals surface area (Å²) in [5.41, 5.74) is 8.56. The molecule has 134 valence electrons. The molecular weight excluding hydrogens is 367 g/mol. The van der Waals surface area contributed by atoms with E-state index in [0.29, 0.717) is 27.9 Å². The van der Waals surface area contributed by atoms with Crippen molar-refractivity contribution < 1.29 is 8.78 Å². The Kier molecular flexibility index (Phi) is 4.46. The fourth-order valence-corrected chi connectivity index (χ4v) is 3.07. The van der Waals surface area contributed by atoms with Gasteiger partial charge in [-0.1, -0.05) is 30.3 Å². The molecule has 1 atom stereocenters. The first-order valence-corrected chi connectivity index (χ1v) is 8.64. The molecule has 4 aromatic rings. The minimum Gasteiger partial charge on any atom is -0.366 e. The number of hydrogen-bond donors (Lipinski definition) is 1. The molecule has 0 aliphatic heterocycles. The third kappa shape index (κ3) is 3.34. The van der Waals surface area contributed by atoms with Gasteiger partial charge in [-0.05, 0) is 23.5 Å². The van der Waals surface area contributed by atoms with E-state index >= 15 is 0 Å². The summed E-state index contributed by atoms with van der Waals surface area (Å²) < 4.78 is 26.8. The van der Waals surface area contributed by atoms with Gasteiger partial charge in [-0.2, -0.15) is 0 Å². The van der Waals surface area contributed by atoms with Crippen LogP contribution in [0.4, 0.5) is 14.7 Å². The molecule has 27 heavy (non-hydrogen) atoms. The number of benzene rings is 2.